The first-order valence-electron chi connectivity index (χ1n) is 5.56. The van der Waals surface area contributed by atoms with E-state index in [-0.39, 0.29) is 24.4 Å². The largest absolute Gasteiger partial charge is 0.333 e. The van der Waals surface area contributed by atoms with Gasteiger partial charge in [-0.3, -0.25) is 4.79 Å². The molecule has 1 N–H and O–H groups in total. The molecule has 100 valence electrons. The standard InChI is InChI=1S/C12H14Cl2N2O.ClH/c1-8-7-15-4-5-16(8)12(17)9-2-3-10(13)11(14)6-9;/h2-3,6,8,15H,4-5,7H2,1H3;1H/t8-;/m0./s1. The molecule has 0 unspecified atom stereocenters. The Morgan fingerprint density at radius 2 is 2.11 bits per heavy atom. The van der Waals surface area contributed by atoms with Gasteiger partial charge in [0.2, 0.25) is 0 Å². The number of nitrogens with zero attached hydrogens (tertiary/aromatic N) is 1. The fourth-order valence-electron chi connectivity index (χ4n) is 1.94. The lowest BCUT2D eigenvalue weighted by Gasteiger charge is -2.34. The SMILES string of the molecule is C[C@H]1CNCCN1C(=O)c1ccc(Cl)c(Cl)c1.Cl. The Labute approximate surface area is 123 Å². The molecule has 0 bridgehead atoms. The summed E-state index contributed by atoms with van der Waals surface area (Å²) in [5.41, 5.74) is 0.591. The average Bonchev–Trinajstić information content (AvgIpc) is 2.32. The van der Waals surface area contributed by atoms with E-state index in [9.17, 15) is 4.79 Å². The zero-order valence-electron chi connectivity index (χ0n) is 9.95. The minimum atomic E-state index is 0. The molecule has 1 aliphatic rings. The molecule has 0 aliphatic carbocycles. The second-order valence-electron chi connectivity index (χ2n) is 4.18. The van der Waals surface area contributed by atoms with E-state index in [1.54, 1.807) is 18.2 Å². The first-order chi connectivity index (χ1) is 8.09. The molecule has 0 saturated carbocycles. The number of piperazine rings is 1. The van der Waals surface area contributed by atoms with Crippen molar-refractivity contribution in [3.05, 3.63) is 33.8 Å². The van der Waals surface area contributed by atoms with Crippen molar-refractivity contribution in [1.29, 1.82) is 0 Å². The summed E-state index contributed by atoms with van der Waals surface area (Å²) in [6, 6.07) is 5.20. The zero-order valence-corrected chi connectivity index (χ0v) is 12.3. The van der Waals surface area contributed by atoms with Crippen LogP contribution in [-0.2, 0) is 0 Å². The van der Waals surface area contributed by atoms with Crippen LogP contribution in [0.3, 0.4) is 0 Å². The van der Waals surface area contributed by atoms with Gasteiger partial charge in [0.05, 0.1) is 10.0 Å². The molecule has 1 aromatic carbocycles. The van der Waals surface area contributed by atoms with Gasteiger partial charge in [0.15, 0.2) is 0 Å². The second-order valence-corrected chi connectivity index (χ2v) is 4.99. The fourth-order valence-corrected chi connectivity index (χ4v) is 2.24. The third-order valence-electron chi connectivity index (χ3n) is 2.93. The molecular formula is C12H15Cl3N2O. The van der Waals surface area contributed by atoms with E-state index in [2.05, 4.69) is 5.32 Å². The summed E-state index contributed by atoms with van der Waals surface area (Å²) in [7, 11) is 0. The van der Waals surface area contributed by atoms with Crippen molar-refractivity contribution in [3.8, 4) is 0 Å². The first-order valence-corrected chi connectivity index (χ1v) is 6.32. The molecule has 18 heavy (non-hydrogen) atoms. The van der Waals surface area contributed by atoms with Gasteiger partial charge in [0.1, 0.15) is 0 Å². The fraction of sp³-hybridized carbons (Fsp3) is 0.417. The van der Waals surface area contributed by atoms with E-state index in [0.717, 1.165) is 19.6 Å². The highest BCUT2D eigenvalue weighted by Crippen LogP contribution is 2.23. The number of amides is 1. The number of carbonyl (C=O) groups is 1. The summed E-state index contributed by atoms with van der Waals surface area (Å²) in [6.45, 7) is 4.41. The molecule has 0 spiro atoms. The predicted molar refractivity (Wildman–Crippen MR) is 77.1 cm³/mol. The molecule has 1 atom stereocenters. The maximum atomic E-state index is 12.3. The van der Waals surface area contributed by atoms with Crippen molar-refractivity contribution >= 4 is 41.5 Å². The van der Waals surface area contributed by atoms with Crippen LogP contribution in [-0.4, -0.2) is 36.5 Å². The molecule has 1 aromatic rings. The molecule has 3 nitrogen and oxygen atoms in total. The number of nitrogens with one attached hydrogen (secondary N) is 1. The van der Waals surface area contributed by atoms with Crippen LogP contribution in [0.5, 0.6) is 0 Å². The van der Waals surface area contributed by atoms with Crippen LogP contribution in [0, 0.1) is 0 Å². The van der Waals surface area contributed by atoms with E-state index < -0.39 is 0 Å². The Morgan fingerprint density at radius 1 is 1.39 bits per heavy atom. The predicted octanol–water partition coefficient (Wildman–Crippen LogP) is 2.85. The van der Waals surface area contributed by atoms with Crippen molar-refractivity contribution < 1.29 is 4.79 Å². The van der Waals surface area contributed by atoms with Crippen LogP contribution in [0.2, 0.25) is 10.0 Å². The van der Waals surface area contributed by atoms with Gasteiger partial charge in [-0.1, -0.05) is 23.2 Å². The van der Waals surface area contributed by atoms with E-state index in [4.69, 9.17) is 23.2 Å². The Morgan fingerprint density at radius 3 is 2.72 bits per heavy atom. The summed E-state index contributed by atoms with van der Waals surface area (Å²) in [6.07, 6.45) is 0. The number of benzene rings is 1. The van der Waals surface area contributed by atoms with Gasteiger partial charge in [-0.05, 0) is 25.1 Å². The number of hydrogen-bond donors (Lipinski definition) is 1. The van der Waals surface area contributed by atoms with E-state index in [1.165, 1.54) is 0 Å². The highest BCUT2D eigenvalue weighted by Gasteiger charge is 2.24. The van der Waals surface area contributed by atoms with Crippen molar-refractivity contribution in [3.63, 3.8) is 0 Å². The number of carbonyl (C=O) groups excluding carboxylic acids is 1. The number of rotatable bonds is 1. The molecule has 1 aliphatic heterocycles. The smallest absolute Gasteiger partial charge is 0.254 e. The molecule has 0 aromatic heterocycles. The first kappa shape index (κ1) is 15.6. The van der Waals surface area contributed by atoms with Gasteiger partial charge < -0.3 is 10.2 Å². The molecular weight excluding hydrogens is 295 g/mol. The van der Waals surface area contributed by atoms with Crippen molar-refractivity contribution in [2.24, 2.45) is 0 Å². The minimum absolute atomic E-state index is 0. The lowest BCUT2D eigenvalue weighted by molar-refractivity contribution is 0.0656. The van der Waals surface area contributed by atoms with Crippen molar-refractivity contribution in [2.75, 3.05) is 19.6 Å². The van der Waals surface area contributed by atoms with Crippen LogP contribution in [0.4, 0.5) is 0 Å². The number of hydrogen-bond acceptors (Lipinski definition) is 2. The third-order valence-corrected chi connectivity index (χ3v) is 3.67. The Kier molecular flexibility index (Phi) is 5.73. The maximum absolute atomic E-state index is 12.3. The molecule has 2 rings (SSSR count). The lowest BCUT2D eigenvalue weighted by atomic mass is 10.1. The topological polar surface area (TPSA) is 32.3 Å². The molecule has 1 saturated heterocycles. The van der Waals surface area contributed by atoms with Gasteiger partial charge in [0.25, 0.3) is 5.91 Å². The van der Waals surface area contributed by atoms with E-state index >= 15 is 0 Å². The van der Waals surface area contributed by atoms with Gasteiger partial charge in [-0.25, -0.2) is 0 Å². The number of halogens is 3. The summed E-state index contributed by atoms with van der Waals surface area (Å²) in [5.74, 6) is 0.0116. The summed E-state index contributed by atoms with van der Waals surface area (Å²) >= 11 is 11.8. The molecule has 6 heteroatoms. The van der Waals surface area contributed by atoms with Crippen LogP contribution >= 0.6 is 35.6 Å². The van der Waals surface area contributed by atoms with E-state index in [1.807, 2.05) is 11.8 Å². The normalized spacial score (nSPS) is 19.3. The third kappa shape index (κ3) is 3.29. The molecule has 0 radical (unpaired) electrons. The van der Waals surface area contributed by atoms with Gasteiger partial charge in [0, 0.05) is 31.2 Å². The molecule has 1 amide bonds. The monoisotopic (exact) mass is 308 g/mol. The highest BCUT2D eigenvalue weighted by atomic mass is 35.5. The highest BCUT2D eigenvalue weighted by molar-refractivity contribution is 6.42. The van der Waals surface area contributed by atoms with Crippen molar-refractivity contribution in [2.45, 2.75) is 13.0 Å². The summed E-state index contributed by atoms with van der Waals surface area (Å²) in [5, 5.41) is 4.14. The van der Waals surface area contributed by atoms with E-state index in [0.29, 0.717) is 15.6 Å². The molecule has 1 fully saturated rings. The minimum Gasteiger partial charge on any atom is -0.333 e. The summed E-state index contributed by atoms with van der Waals surface area (Å²) in [4.78, 5) is 14.1. The van der Waals surface area contributed by atoms with Crippen LogP contribution in [0.1, 0.15) is 17.3 Å². The second kappa shape index (κ2) is 6.62. The van der Waals surface area contributed by atoms with Gasteiger partial charge >= 0.3 is 0 Å². The Hall–Kier alpha value is -0.480. The quantitative estimate of drug-likeness (QED) is 0.865. The van der Waals surface area contributed by atoms with Gasteiger partial charge in [-0.2, -0.15) is 0 Å². The Bertz CT molecular complexity index is 439. The van der Waals surface area contributed by atoms with Crippen LogP contribution < -0.4 is 5.32 Å². The van der Waals surface area contributed by atoms with Gasteiger partial charge in [-0.15, -0.1) is 12.4 Å². The maximum Gasteiger partial charge on any atom is 0.254 e. The average molecular weight is 310 g/mol. The molecule has 1 heterocycles. The lowest BCUT2D eigenvalue weighted by Crippen LogP contribution is -2.52. The Balaban J connectivity index is 0.00000162. The zero-order chi connectivity index (χ0) is 12.4. The van der Waals surface area contributed by atoms with Crippen LogP contribution in [0.15, 0.2) is 18.2 Å². The van der Waals surface area contributed by atoms with Crippen LogP contribution in [0.25, 0.3) is 0 Å². The summed E-state index contributed by atoms with van der Waals surface area (Å²) < 4.78 is 0. The van der Waals surface area contributed by atoms with Crippen molar-refractivity contribution in [1.82, 2.24) is 10.2 Å².